The van der Waals surface area contributed by atoms with Crippen LogP contribution < -0.4 is 9.64 Å². The van der Waals surface area contributed by atoms with Crippen LogP contribution in [0.2, 0.25) is 0 Å². The van der Waals surface area contributed by atoms with Crippen molar-refractivity contribution in [1.82, 2.24) is 4.98 Å². The molecule has 0 spiro atoms. The van der Waals surface area contributed by atoms with Crippen LogP contribution in [0, 0.1) is 5.92 Å². The Morgan fingerprint density at radius 2 is 1.63 bits per heavy atom. The van der Waals surface area contributed by atoms with E-state index in [1.54, 1.807) is 18.2 Å². The van der Waals surface area contributed by atoms with E-state index < -0.39 is 5.97 Å². The number of nitrogens with zero attached hydrogens (tertiary/aromatic N) is 2. The zero-order valence-corrected chi connectivity index (χ0v) is 24.3. The van der Waals surface area contributed by atoms with E-state index in [2.05, 4.69) is 32.9 Å². The molecule has 5 rings (SSSR count). The lowest BCUT2D eigenvalue weighted by molar-refractivity contribution is 0.0697. The average Bonchev–Trinajstić information content (AvgIpc) is 3.46. The molecule has 1 heterocycles. The summed E-state index contributed by atoms with van der Waals surface area (Å²) in [6.07, 6.45) is 5.54. The number of carbonyl (C=O) groups is 2. The standard InChI is InChI=1S/C35H38N2O4/c1-5-37(32-13-9-8-12-28(32)34(39)40)33(38)31-21-24-14-17-27(41-26-18-15-25(16-19-26)35(2,3)4)22-29(24)30(36-31)20-23-10-6-7-11-23/h8-9,12-19,21-23H,5-7,10-11,20H2,1-4H3,(H,39,40). The SMILES string of the molecule is CCN(C(=O)c1cc2ccc(Oc3ccc(C(C)(C)C)cc3)cc2c(CC2CCCC2)n1)c1ccccc1C(=O)O. The van der Waals surface area contributed by atoms with Gasteiger partial charge in [0.25, 0.3) is 5.91 Å². The molecule has 3 aromatic carbocycles. The van der Waals surface area contributed by atoms with E-state index in [-0.39, 0.29) is 16.9 Å². The molecule has 0 radical (unpaired) electrons. The van der Waals surface area contributed by atoms with Gasteiger partial charge in [0.05, 0.1) is 11.3 Å². The molecule has 4 aromatic rings. The molecule has 1 fully saturated rings. The molecule has 212 valence electrons. The summed E-state index contributed by atoms with van der Waals surface area (Å²) >= 11 is 0. The molecule has 0 bridgehead atoms. The predicted octanol–water partition coefficient (Wildman–Crippen LogP) is 8.42. The highest BCUT2D eigenvalue weighted by molar-refractivity contribution is 6.09. The first-order chi connectivity index (χ1) is 19.6. The third-order valence-electron chi connectivity index (χ3n) is 8.00. The lowest BCUT2D eigenvalue weighted by Gasteiger charge is -2.23. The largest absolute Gasteiger partial charge is 0.478 e. The second-order valence-corrected chi connectivity index (χ2v) is 11.9. The van der Waals surface area contributed by atoms with Crippen LogP contribution in [0.3, 0.4) is 0 Å². The maximum Gasteiger partial charge on any atom is 0.337 e. The molecule has 1 N–H and O–H groups in total. The second kappa shape index (κ2) is 11.7. The van der Waals surface area contributed by atoms with E-state index >= 15 is 0 Å². The number of hydrogen-bond acceptors (Lipinski definition) is 4. The normalized spacial score (nSPS) is 13.9. The number of anilines is 1. The molecular formula is C35H38N2O4. The lowest BCUT2D eigenvalue weighted by atomic mass is 9.87. The zero-order valence-electron chi connectivity index (χ0n) is 24.3. The van der Waals surface area contributed by atoms with Crippen LogP contribution in [0.1, 0.15) is 85.5 Å². The fraction of sp³-hybridized carbons (Fsp3) is 0.343. The molecule has 0 unspecified atom stereocenters. The minimum atomic E-state index is -1.07. The Balaban J connectivity index is 1.51. The number of amides is 1. The van der Waals surface area contributed by atoms with Gasteiger partial charge in [-0.15, -0.1) is 0 Å². The minimum absolute atomic E-state index is 0.0699. The number of pyridine rings is 1. The Hall–Kier alpha value is -4.19. The predicted molar refractivity (Wildman–Crippen MR) is 163 cm³/mol. The van der Waals surface area contributed by atoms with Gasteiger partial charge < -0.3 is 14.7 Å². The Kier molecular flexibility index (Phi) is 8.11. The second-order valence-electron chi connectivity index (χ2n) is 11.9. The minimum Gasteiger partial charge on any atom is -0.478 e. The van der Waals surface area contributed by atoms with Crippen molar-refractivity contribution in [1.29, 1.82) is 0 Å². The van der Waals surface area contributed by atoms with Gasteiger partial charge >= 0.3 is 5.97 Å². The molecule has 0 saturated heterocycles. The summed E-state index contributed by atoms with van der Waals surface area (Å²) in [5.74, 6) is 0.640. The third-order valence-corrected chi connectivity index (χ3v) is 8.00. The van der Waals surface area contributed by atoms with E-state index in [1.165, 1.54) is 29.4 Å². The number of benzene rings is 3. The highest BCUT2D eigenvalue weighted by Gasteiger charge is 2.25. The van der Waals surface area contributed by atoms with Crippen LogP contribution in [0.15, 0.2) is 72.8 Å². The van der Waals surface area contributed by atoms with Crippen molar-refractivity contribution in [2.75, 3.05) is 11.4 Å². The van der Waals surface area contributed by atoms with E-state index in [9.17, 15) is 14.7 Å². The van der Waals surface area contributed by atoms with Crippen LogP contribution in [0.5, 0.6) is 11.5 Å². The van der Waals surface area contributed by atoms with Gasteiger partial charge in [0.15, 0.2) is 0 Å². The number of fused-ring (bicyclic) bond motifs is 1. The first-order valence-electron chi connectivity index (χ1n) is 14.5. The highest BCUT2D eigenvalue weighted by atomic mass is 16.5. The van der Waals surface area contributed by atoms with Crippen molar-refractivity contribution in [2.45, 2.75) is 65.2 Å². The van der Waals surface area contributed by atoms with Crippen LogP contribution >= 0.6 is 0 Å². The van der Waals surface area contributed by atoms with E-state index in [0.717, 1.165) is 47.2 Å². The van der Waals surface area contributed by atoms with Crippen LogP contribution in [-0.2, 0) is 11.8 Å². The van der Waals surface area contributed by atoms with Crippen molar-refractivity contribution in [2.24, 2.45) is 5.92 Å². The Bertz CT molecular complexity index is 1560. The molecule has 1 amide bonds. The summed E-state index contributed by atoms with van der Waals surface area (Å²) in [5, 5.41) is 11.6. The van der Waals surface area contributed by atoms with Crippen molar-refractivity contribution < 1.29 is 19.4 Å². The molecule has 1 saturated carbocycles. The molecule has 0 atom stereocenters. The van der Waals surface area contributed by atoms with Crippen LogP contribution in [-0.4, -0.2) is 28.5 Å². The van der Waals surface area contributed by atoms with E-state index in [4.69, 9.17) is 9.72 Å². The van der Waals surface area contributed by atoms with Crippen LogP contribution in [0.4, 0.5) is 5.69 Å². The van der Waals surface area contributed by atoms with Gasteiger partial charge in [-0.2, -0.15) is 0 Å². The third kappa shape index (κ3) is 6.27. The molecular weight excluding hydrogens is 512 g/mol. The topological polar surface area (TPSA) is 79.7 Å². The summed E-state index contributed by atoms with van der Waals surface area (Å²) in [6.45, 7) is 8.73. The van der Waals surface area contributed by atoms with Gasteiger partial charge in [0.1, 0.15) is 17.2 Å². The fourth-order valence-corrected chi connectivity index (χ4v) is 5.72. The Morgan fingerprint density at radius 3 is 2.29 bits per heavy atom. The molecule has 1 aliphatic carbocycles. The number of aromatic nitrogens is 1. The molecule has 6 nitrogen and oxygen atoms in total. The smallest absolute Gasteiger partial charge is 0.337 e. The summed E-state index contributed by atoms with van der Waals surface area (Å²) in [6, 6.07) is 22.5. The van der Waals surface area contributed by atoms with Crippen molar-refractivity contribution in [3.05, 3.63) is 95.3 Å². The number of hydrogen-bond donors (Lipinski definition) is 1. The zero-order chi connectivity index (χ0) is 29.1. The van der Waals surface area contributed by atoms with Gasteiger partial charge in [-0.3, -0.25) is 4.79 Å². The maximum atomic E-state index is 13.8. The number of carbonyl (C=O) groups excluding carboxylic acids is 1. The molecule has 1 aliphatic rings. The summed E-state index contributed by atoms with van der Waals surface area (Å²) < 4.78 is 6.25. The van der Waals surface area contributed by atoms with E-state index in [0.29, 0.717) is 23.8 Å². The van der Waals surface area contributed by atoms with Crippen LogP contribution in [0.25, 0.3) is 10.8 Å². The summed E-state index contributed by atoms with van der Waals surface area (Å²) in [5.41, 5.74) is 2.98. The molecule has 6 heteroatoms. The number of rotatable bonds is 8. The number of carboxylic acid groups (broad SMARTS) is 1. The van der Waals surface area contributed by atoms with Crippen molar-refractivity contribution in [3.8, 4) is 11.5 Å². The average molecular weight is 551 g/mol. The first kappa shape index (κ1) is 28.3. The Labute approximate surface area is 242 Å². The number of aromatic carboxylic acids is 1. The van der Waals surface area contributed by atoms with Gasteiger partial charge in [-0.1, -0.05) is 76.8 Å². The number of para-hydroxylation sites is 1. The number of ether oxygens (including phenoxy) is 1. The van der Waals surface area contributed by atoms with Gasteiger partial charge in [-0.25, -0.2) is 9.78 Å². The highest BCUT2D eigenvalue weighted by Crippen LogP contribution is 2.34. The summed E-state index contributed by atoms with van der Waals surface area (Å²) in [7, 11) is 0. The van der Waals surface area contributed by atoms with Gasteiger partial charge in [0, 0.05) is 17.6 Å². The summed E-state index contributed by atoms with van der Waals surface area (Å²) in [4.78, 5) is 32.1. The molecule has 41 heavy (non-hydrogen) atoms. The van der Waals surface area contributed by atoms with E-state index in [1.807, 2.05) is 43.3 Å². The quantitative estimate of drug-likeness (QED) is 0.238. The first-order valence-corrected chi connectivity index (χ1v) is 14.5. The maximum absolute atomic E-state index is 13.8. The molecule has 1 aromatic heterocycles. The Morgan fingerprint density at radius 1 is 0.951 bits per heavy atom. The monoisotopic (exact) mass is 550 g/mol. The lowest BCUT2D eigenvalue weighted by Crippen LogP contribution is -2.33. The fourth-order valence-electron chi connectivity index (χ4n) is 5.72. The van der Waals surface area contributed by atoms with Crippen molar-refractivity contribution >= 4 is 28.3 Å². The van der Waals surface area contributed by atoms with Gasteiger partial charge in [0.2, 0.25) is 0 Å². The van der Waals surface area contributed by atoms with Crippen molar-refractivity contribution in [3.63, 3.8) is 0 Å². The number of carboxylic acids is 1. The molecule has 0 aliphatic heterocycles. The van der Waals surface area contributed by atoms with Gasteiger partial charge in [-0.05, 0) is 78.1 Å².